The van der Waals surface area contributed by atoms with Gasteiger partial charge in [-0.2, -0.15) is 18.4 Å². The van der Waals surface area contributed by atoms with Crippen LogP contribution >= 0.6 is 0 Å². The highest BCUT2D eigenvalue weighted by atomic mass is 19.4. The molecular weight excluding hydrogens is 237 g/mol. The van der Waals surface area contributed by atoms with Crippen molar-refractivity contribution >= 4 is 5.97 Å². The molecule has 1 aliphatic heterocycles. The molecule has 0 aromatic heterocycles. The molecule has 4 nitrogen and oxygen atoms in total. The maximum Gasteiger partial charge on any atom is 0.405 e. The van der Waals surface area contributed by atoms with Gasteiger partial charge in [-0.3, -0.25) is 4.79 Å². The molecule has 2 unspecified atom stereocenters. The molecule has 0 amide bonds. The summed E-state index contributed by atoms with van der Waals surface area (Å²) < 4.78 is 37.0. The number of nitriles is 1. The number of likely N-dealkylation sites (tertiary alicyclic amines) is 1. The van der Waals surface area contributed by atoms with Gasteiger partial charge in [-0.15, -0.1) is 0 Å². The molecule has 1 rings (SSSR count). The van der Waals surface area contributed by atoms with Crippen LogP contribution in [0.1, 0.15) is 12.8 Å². The van der Waals surface area contributed by atoms with Gasteiger partial charge < -0.3 is 10.0 Å². The predicted octanol–water partition coefficient (Wildman–Crippen LogP) is 1.49. The average Bonchev–Trinajstić information content (AvgIpc) is 2.59. The van der Waals surface area contributed by atoms with Crippen LogP contribution in [0.25, 0.3) is 0 Å². The normalized spacial score (nSPS) is 23.3. The van der Waals surface area contributed by atoms with Gasteiger partial charge in [0, 0.05) is 19.5 Å². The SMILES string of the molecule is N#CC(CN1CCC(CC(=O)O)C1)C(F)(F)F. The topological polar surface area (TPSA) is 64.3 Å². The van der Waals surface area contributed by atoms with E-state index in [1.54, 1.807) is 0 Å². The molecule has 0 aromatic carbocycles. The molecule has 0 spiro atoms. The van der Waals surface area contributed by atoms with Crippen LogP contribution < -0.4 is 0 Å². The van der Waals surface area contributed by atoms with Gasteiger partial charge in [-0.1, -0.05) is 0 Å². The summed E-state index contributed by atoms with van der Waals surface area (Å²) >= 11 is 0. The summed E-state index contributed by atoms with van der Waals surface area (Å²) in [5.74, 6) is -3.05. The van der Waals surface area contributed by atoms with E-state index in [0.29, 0.717) is 19.5 Å². The predicted molar refractivity (Wildman–Crippen MR) is 52.0 cm³/mol. The standard InChI is InChI=1S/C10H13F3N2O2/c11-10(12,13)8(4-14)6-15-2-1-7(5-15)3-9(16)17/h7-8H,1-3,5-6H2,(H,16,17). The number of rotatable bonds is 4. The van der Waals surface area contributed by atoms with Crippen molar-refractivity contribution in [2.75, 3.05) is 19.6 Å². The van der Waals surface area contributed by atoms with E-state index in [-0.39, 0.29) is 18.9 Å². The van der Waals surface area contributed by atoms with Gasteiger partial charge in [-0.05, 0) is 18.9 Å². The minimum absolute atomic E-state index is 0.0280. The minimum atomic E-state index is -4.51. The molecule has 1 aliphatic rings. The molecule has 2 atom stereocenters. The van der Waals surface area contributed by atoms with Gasteiger partial charge in [-0.25, -0.2) is 0 Å². The van der Waals surface area contributed by atoms with Gasteiger partial charge >= 0.3 is 12.1 Å². The first kappa shape index (κ1) is 13.8. The third kappa shape index (κ3) is 4.23. The Morgan fingerprint density at radius 3 is 2.71 bits per heavy atom. The van der Waals surface area contributed by atoms with Crippen LogP contribution in [0.3, 0.4) is 0 Å². The number of alkyl halides is 3. The van der Waals surface area contributed by atoms with E-state index >= 15 is 0 Å². The molecule has 1 heterocycles. The Morgan fingerprint density at radius 1 is 1.59 bits per heavy atom. The Kier molecular flexibility index (Phi) is 4.34. The second-order valence-electron chi connectivity index (χ2n) is 4.24. The molecule has 0 radical (unpaired) electrons. The van der Waals surface area contributed by atoms with Crippen LogP contribution in [0, 0.1) is 23.2 Å². The van der Waals surface area contributed by atoms with E-state index in [9.17, 15) is 18.0 Å². The van der Waals surface area contributed by atoms with E-state index in [1.807, 2.05) is 0 Å². The molecule has 1 N–H and O–H groups in total. The number of nitrogens with zero attached hydrogens (tertiary/aromatic N) is 2. The lowest BCUT2D eigenvalue weighted by molar-refractivity contribution is -0.162. The van der Waals surface area contributed by atoms with Crippen molar-refractivity contribution in [1.29, 1.82) is 5.26 Å². The Labute approximate surface area is 96.6 Å². The average molecular weight is 250 g/mol. The fraction of sp³-hybridized carbons (Fsp3) is 0.800. The zero-order valence-electron chi connectivity index (χ0n) is 9.07. The molecule has 0 aliphatic carbocycles. The van der Waals surface area contributed by atoms with E-state index in [1.165, 1.54) is 11.0 Å². The molecule has 1 fully saturated rings. The number of aliphatic carboxylic acids is 1. The van der Waals surface area contributed by atoms with Gasteiger partial charge in [0.2, 0.25) is 0 Å². The zero-order valence-corrected chi connectivity index (χ0v) is 9.07. The fourth-order valence-electron chi connectivity index (χ4n) is 1.97. The Balaban J connectivity index is 2.45. The van der Waals surface area contributed by atoms with E-state index in [2.05, 4.69) is 0 Å². The molecule has 0 saturated carbocycles. The molecule has 17 heavy (non-hydrogen) atoms. The summed E-state index contributed by atoms with van der Waals surface area (Å²) in [6, 6.07) is 1.24. The summed E-state index contributed by atoms with van der Waals surface area (Å²) in [6.07, 6.45) is -3.97. The van der Waals surface area contributed by atoms with Gasteiger partial charge in [0.15, 0.2) is 5.92 Å². The van der Waals surface area contributed by atoms with Crippen molar-refractivity contribution in [2.24, 2.45) is 11.8 Å². The molecule has 0 aromatic rings. The Morgan fingerprint density at radius 2 is 2.24 bits per heavy atom. The van der Waals surface area contributed by atoms with Crippen LogP contribution in [-0.4, -0.2) is 41.8 Å². The van der Waals surface area contributed by atoms with Crippen molar-refractivity contribution < 1.29 is 23.1 Å². The quantitative estimate of drug-likeness (QED) is 0.820. The minimum Gasteiger partial charge on any atom is -0.481 e. The van der Waals surface area contributed by atoms with E-state index < -0.39 is 18.1 Å². The van der Waals surface area contributed by atoms with Crippen LogP contribution in [0.5, 0.6) is 0 Å². The van der Waals surface area contributed by atoms with Crippen LogP contribution in [0.2, 0.25) is 0 Å². The molecule has 96 valence electrons. The first-order chi connectivity index (χ1) is 7.82. The van der Waals surface area contributed by atoms with Crippen LogP contribution in [0.15, 0.2) is 0 Å². The van der Waals surface area contributed by atoms with E-state index in [0.717, 1.165) is 0 Å². The van der Waals surface area contributed by atoms with Crippen molar-refractivity contribution in [3.8, 4) is 6.07 Å². The van der Waals surface area contributed by atoms with E-state index in [4.69, 9.17) is 10.4 Å². The lowest BCUT2D eigenvalue weighted by atomic mass is 10.1. The zero-order chi connectivity index (χ0) is 13.1. The molecular formula is C10H13F3N2O2. The molecule has 0 bridgehead atoms. The third-order valence-electron chi connectivity index (χ3n) is 2.82. The third-order valence-corrected chi connectivity index (χ3v) is 2.82. The van der Waals surface area contributed by atoms with Crippen molar-refractivity contribution in [2.45, 2.75) is 19.0 Å². The maximum absolute atomic E-state index is 12.3. The number of hydrogen-bond donors (Lipinski definition) is 1. The van der Waals surface area contributed by atoms with Gasteiger partial charge in [0.25, 0.3) is 0 Å². The van der Waals surface area contributed by atoms with Crippen molar-refractivity contribution in [3.63, 3.8) is 0 Å². The maximum atomic E-state index is 12.3. The number of carboxylic acids is 1. The summed E-state index contributed by atoms with van der Waals surface area (Å²) in [6.45, 7) is 0.378. The summed E-state index contributed by atoms with van der Waals surface area (Å²) in [5.41, 5.74) is 0. The van der Waals surface area contributed by atoms with Gasteiger partial charge in [0.05, 0.1) is 6.07 Å². The summed E-state index contributed by atoms with van der Waals surface area (Å²) in [4.78, 5) is 12.0. The largest absolute Gasteiger partial charge is 0.481 e. The highest BCUT2D eigenvalue weighted by Crippen LogP contribution is 2.28. The van der Waals surface area contributed by atoms with Crippen LogP contribution in [-0.2, 0) is 4.79 Å². The summed E-state index contributed by atoms with van der Waals surface area (Å²) in [7, 11) is 0. The second kappa shape index (κ2) is 5.36. The van der Waals surface area contributed by atoms with Crippen molar-refractivity contribution in [1.82, 2.24) is 4.90 Å². The number of carboxylic acid groups (broad SMARTS) is 1. The first-order valence-corrected chi connectivity index (χ1v) is 5.23. The lowest BCUT2D eigenvalue weighted by Crippen LogP contribution is -2.35. The Bertz CT molecular complexity index is 324. The highest BCUT2D eigenvalue weighted by Gasteiger charge is 2.41. The molecule has 1 saturated heterocycles. The number of halogens is 3. The smallest absolute Gasteiger partial charge is 0.405 e. The fourth-order valence-corrected chi connectivity index (χ4v) is 1.97. The van der Waals surface area contributed by atoms with Crippen molar-refractivity contribution in [3.05, 3.63) is 0 Å². The van der Waals surface area contributed by atoms with Crippen LogP contribution in [0.4, 0.5) is 13.2 Å². The molecule has 7 heteroatoms. The highest BCUT2D eigenvalue weighted by molar-refractivity contribution is 5.67. The first-order valence-electron chi connectivity index (χ1n) is 5.23. The number of hydrogen-bond acceptors (Lipinski definition) is 3. The van der Waals surface area contributed by atoms with Gasteiger partial charge in [0.1, 0.15) is 0 Å². The Hall–Kier alpha value is -1.29. The number of carbonyl (C=O) groups is 1. The second-order valence-corrected chi connectivity index (χ2v) is 4.24. The monoisotopic (exact) mass is 250 g/mol. The lowest BCUT2D eigenvalue weighted by Gasteiger charge is -2.20. The summed E-state index contributed by atoms with van der Waals surface area (Å²) in [5, 5.41) is 17.0.